The lowest BCUT2D eigenvalue weighted by atomic mass is 10.1. The molecule has 5 atom stereocenters. The highest BCUT2D eigenvalue weighted by atomic mass is 16.7. The lowest BCUT2D eigenvalue weighted by Gasteiger charge is -2.31. The first-order chi connectivity index (χ1) is 8.33. The third-order valence-electron chi connectivity index (χ3n) is 2.25. The molecule has 0 aromatic rings. The van der Waals surface area contributed by atoms with Crippen molar-refractivity contribution in [2.75, 3.05) is 13.2 Å². The van der Waals surface area contributed by atoms with Crippen molar-refractivity contribution in [2.45, 2.75) is 57.6 Å². The second-order valence-electron chi connectivity index (χ2n) is 4.39. The van der Waals surface area contributed by atoms with Gasteiger partial charge in [0.05, 0.1) is 19.3 Å². The molecule has 5 N–H and O–H groups in total. The molecular weight excluding hydrogens is 244 g/mol. The van der Waals surface area contributed by atoms with E-state index in [9.17, 15) is 15.3 Å². The van der Waals surface area contributed by atoms with E-state index in [0.717, 1.165) is 0 Å². The van der Waals surface area contributed by atoms with E-state index in [4.69, 9.17) is 19.7 Å². The van der Waals surface area contributed by atoms with Crippen LogP contribution in [-0.2, 0) is 9.47 Å². The van der Waals surface area contributed by atoms with Gasteiger partial charge in [0.1, 0.15) is 24.4 Å². The number of hydrogen-bond donors (Lipinski definition) is 5. The quantitative estimate of drug-likeness (QED) is 0.313. The second-order valence-corrected chi connectivity index (χ2v) is 4.39. The van der Waals surface area contributed by atoms with Crippen molar-refractivity contribution in [2.24, 2.45) is 0 Å². The molecule has 0 amide bonds. The number of aliphatic hydroxyl groups excluding tert-OH is 5. The van der Waals surface area contributed by atoms with E-state index in [1.54, 1.807) is 13.8 Å². The number of rotatable bonds is 9. The number of aliphatic hydroxyl groups is 5. The fourth-order valence-corrected chi connectivity index (χ4v) is 1.29. The average molecular weight is 268 g/mol. The standard InChI is InChI=1S/C11H24O7/c1-6(2)17-11(7(3)14)18-9(5-13)10(16)8(15)4-12/h6-16H,4-5H2,1-3H3/t7-,8?,9+,10+,11-/m0/s1. The maximum absolute atomic E-state index is 9.61. The van der Waals surface area contributed by atoms with Crippen LogP contribution >= 0.6 is 0 Å². The topological polar surface area (TPSA) is 120 Å². The molecule has 0 heterocycles. The van der Waals surface area contributed by atoms with Gasteiger partial charge in [0.25, 0.3) is 0 Å². The van der Waals surface area contributed by atoms with Gasteiger partial charge in [-0.05, 0) is 20.8 Å². The minimum atomic E-state index is -1.47. The van der Waals surface area contributed by atoms with Gasteiger partial charge >= 0.3 is 0 Å². The monoisotopic (exact) mass is 268 g/mol. The van der Waals surface area contributed by atoms with Gasteiger partial charge in [0.15, 0.2) is 6.29 Å². The molecule has 0 fully saturated rings. The Bertz CT molecular complexity index is 210. The summed E-state index contributed by atoms with van der Waals surface area (Å²) in [6.45, 7) is 3.68. The van der Waals surface area contributed by atoms with Crippen LogP contribution in [0.3, 0.4) is 0 Å². The Labute approximate surface area is 107 Å². The summed E-state index contributed by atoms with van der Waals surface area (Å²) >= 11 is 0. The summed E-state index contributed by atoms with van der Waals surface area (Å²) in [5.41, 5.74) is 0. The zero-order valence-corrected chi connectivity index (χ0v) is 10.9. The van der Waals surface area contributed by atoms with Crippen LogP contribution in [0.25, 0.3) is 0 Å². The Kier molecular flexibility index (Phi) is 8.62. The van der Waals surface area contributed by atoms with Crippen molar-refractivity contribution in [1.82, 2.24) is 0 Å². The first kappa shape index (κ1) is 17.7. The molecule has 0 radical (unpaired) electrons. The van der Waals surface area contributed by atoms with E-state index in [0.29, 0.717) is 0 Å². The van der Waals surface area contributed by atoms with Gasteiger partial charge in [-0.15, -0.1) is 0 Å². The molecule has 0 rings (SSSR count). The summed E-state index contributed by atoms with van der Waals surface area (Å²) in [6.07, 6.45) is -6.30. The van der Waals surface area contributed by atoms with Gasteiger partial charge in [-0.2, -0.15) is 0 Å². The van der Waals surface area contributed by atoms with Crippen molar-refractivity contribution < 1.29 is 35.0 Å². The molecule has 0 aliphatic rings. The molecule has 7 heteroatoms. The normalized spacial score (nSPS) is 20.5. The minimum absolute atomic E-state index is 0.219. The molecule has 0 saturated carbocycles. The molecule has 0 saturated heterocycles. The van der Waals surface area contributed by atoms with Crippen LogP contribution in [-0.4, -0.2) is 75.6 Å². The summed E-state index contributed by atoms with van der Waals surface area (Å²) in [5, 5.41) is 46.1. The molecule has 0 aliphatic carbocycles. The van der Waals surface area contributed by atoms with Crippen LogP contribution in [0.15, 0.2) is 0 Å². The van der Waals surface area contributed by atoms with Crippen molar-refractivity contribution in [3.05, 3.63) is 0 Å². The van der Waals surface area contributed by atoms with Gasteiger partial charge in [-0.25, -0.2) is 0 Å². The van der Waals surface area contributed by atoms with Crippen LogP contribution in [0.1, 0.15) is 20.8 Å². The van der Waals surface area contributed by atoms with E-state index < -0.39 is 43.9 Å². The Balaban J connectivity index is 4.55. The molecule has 18 heavy (non-hydrogen) atoms. The van der Waals surface area contributed by atoms with Crippen LogP contribution in [0.2, 0.25) is 0 Å². The van der Waals surface area contributed by atoms with E-state index in [1.807, 2.05) is 0 Å². The van der Waals surface area contributed by atoms with Crippen LogP contribution in [0.4, 0.5) is 0 Å². The van der Waals surface area contributed by atoms with Crippen LogP contribution in [0.5, 0.6) is 0 Å². The number of hydrogen-bond acceptors (Lipinski definition) is 7. The Morgan fingerprint density at radius 1 is 0.889 bits per heavy atom. The van der Waals surface area contributed by atoms with Crippen molar-refractivity contribution in [3.8, 4) is 0 Å². The Morgan fingerprint density at radius 3 is 1.78 bits per heavy atom. The highest BCUT2D eigenvalue weighted by Crippen LogP contribution is 2.12. The maximum atomic E-state index is 9.61. The third-order valence-corrected chi connectivity index (χ3v) is 2.25. The molecule has 110 valence electrons. The molecule has 1 unspecified atom stereocenters. The predicted molar refractivity (Wildman–Crippen MR) is 62.7 cm³/mol. The molecule has 0 bridgehead atoms. The van der Waals surface area contributed by atoms with E-state index in [2.05, 4.69) is 0 Å². The summed E-state index contributed by atoms with van der Waals surface area (Å²) in [5.74, 6) is 0. The molecule has 0 spiro atoms. The highest BCUT2D eigenvalue weighted by Gasteiger charge is 2.31. The molecule has 0 aromatic carbocycles. The van der Waals surface area contributed by atoms with Gasteiger partial charge < -0.3 is 35.0 Å². The van der Waals surface area contributed by atoms with E-state index in [-0.39, 0.29) is 6.10 Å². The minimum Gasteiger partial charge on any atom is -0.394 e. The molecule has 7 nitrogen and oxygen atoms in total. The average Bonchev–Trinajstić information content (AvgIpc) is 2.31. The molecule has 0 aliphatic heterocycles. The van der Waals surface area contributed by atoms with Crippen molar-refractivity contribution in [3.63, 3.8) is 0 Å². The zero-order chi connectivity index (χ0) is 14.3. The molecular formula is C11H24O7. The van der Waals surface area contributed by atoms with E-state index >= 15 is 0 Å². The molecule has 0 aromatic heterocycles. The van der Waals surface area contributed by atoms with Crippen molar-refractivity contribution >= 4 is 0 Å². The predicted octanol–water partition coefficient (Wildman–Crippen LogP) is -1.79. The largest absolute Gasteiger partial charge is 0.394 e. The van der Waals surface area contributed by atoms with E-state index in [1.165, 1.54) is 6.92 Å². The smallest absolute Gasteiger partial charge is 0.183 e. The second kappa shape index (κ2) is 8.76. The summed E-state index contributed by atoms with van der Waals surface area (Å²) in [6, 6.07) is 0. The summed E-state index contributed by atoms with van der Waals surface area (Å²) < 4.78 is 10.5. The summed E-state index contributed by atoms with van der Waals surface area (Å²) in [7, 11) is 0. The Morgan fingerprint density at radius 2 is 1.44 bits per heavy atom. The first-order valence-electron chi connectivity index (χ1n) is 5.90. The fraction of sp³-hybridized carbons (Fsp3) is 1.00. The van der Waals surface area contributed by atoms with Crippen molar-refractivity contribution in [1.29, 1.82) is 0 Å². The fourth-order valence-electron chi connectivity index (χ4n) is 1.29. The Hall–Kier alpha value is -0.280. The van der Waals surface area contributed by atoms with Crippen LogP contribution < -0.4 is 0 Å². The lowest BCUT2D eigenvalue weighted by molar-refractivity contribution is -0.252. The highest BCUT2D eigenvalue weighted by molar-refractivity contribution is 4.76. The SMILES string of the molecule is CC(C)O[C@@H](O[C@H](CO)[C@H](O)C(O)CO)[C@H](C)O. The third kappa shape index (κ3) is 6.05. The van der Waals surface area contributed by atoms with Crippen LogP contribution in [0, 0.1) is 0 Å². The van der Waals surface area contributed by atoms with Gasteiger partial charge in [-0.1, -0.05) is 0 Å². The van der Waals surface area contributed by atoms with Gasteiger partial charge in [0, 0.05) is 0 Å². The van der Waals surface area contributed by atoms with Gasteiger partial charge in [-0.3, -0.25) is 0 Å². The van der Waals surface area contributed by atoms with Gasteiger partial charge in [0.2, 0.25) is 0 Å². The zero-order valence-electron chi connectivity index (χ0n) is 10.9. The first-order valence-corrected chi connectivity index (χ1v) is 5.90. The summed E-state index contributed by atoms with van der Waals surface area (Å²) in [4.78, 5) is 0. The number of ether oxygens (including phenoxy) is 2. The maximum Gasteiger partial charge on any atom is 0.183 e. The lowest BCUT2D eigenvalue weighted by Crippen LogP contribution is -2.47.